The average molecular weight is 295 g/mol. The van der Waals surface area contributed by atoms with Crippen LogP contribution >= 0.6 is 0 Å². The summed E-state index contributed by atoms with van der Waals surface area (Å²) in [6, 6.07) is 0. The quantitative estimate of drug-likeness (QED) is 0.570. The molecule has 0 amide bonds. The van der Waals surface area contributed by atoms with E-state index >= 15 is 0 Å². The van der Waals surface area contributed by atoms with E-state index in [4.69, 9.17) is 0 Å². The molecule has 2 aromatic rings. The number of aromatic nitrogens is 6. The van der Waals surface area contributed by atoms with Crippen molar-refractivity contribution in [1.29, 1.82) is 0 Å². The van der Waals surface area contributed by atoms with Gasteiger partial charge in [0.2, 0.25) is 0 Å². The Balaban J connectivity index is 1.92. The Morgan fingerprint density at radius 1 is 0.900 bits per heavy atom. The van der Waals surface area contributed by atoms with Crippen molar-refractivity contribution < 1.29 is 17.9 Å². The van der Waals surface area contributed by atoms with Gasteiger partial charge >= 0.3 is 11.9 Å². The number of hydrogen-bond donors (Lipinski definition) is 0. The van der Waals surface area contributed by atoms with Crippen molar-refractivity contribution in [3.8, 4) is 0 Å². The first-order chi connectivity index (χ1) is 9.45. The van der Waals surface area contributed by atoms with Crippen molar-refractivity contribution in [3.05, 3.63) is 12.7 Å². The van der Waals surface area contributed by atoms with Crippen LogP contribution in [-0.4, -0.2) is 41.5 Å². The highest BCUT2D eigenvalue weighted by atomic mass is 19.4. The van der Waals surface area contributed by atoms with Crippen LogP contribution in [0.5, 0.6) is 0 Å². The van der Waals surface area contributed by atoms with Crippen LogP contribution in [0.3, 0.4) is 0 Å². The molecule has 110 valence electrons. The van der Waals surface area contributed by atoms with Crippen LogP contribution < -0.4 is 10.7 Å². The molecule has 0 bridgehead atoms. The summed E-state index contributed by atoms with van der Waals surface area (Å²) in [6.07, 6.45) is 2.24. The first-order valence-corrected chi connectivity index (χ1v) is 5.16. The minimum absolute atomic E-state index is 0.116. The molecular formula is C7H9F4N9. The van der Waals surface area contributed by atoms with Gasteiger partial charge in [-0.15, -0.1) is 10.2 Å². The number of nitrogens with zero attached hydrogens (tertiary/aromatic N) is 9. The zero-order chi connectivity index (χ0) is 14.7. The molecule has 0 atom stereocenters. The lowest BCUT2D eigenvalue weighted by molar-refractivity contribution is 0.188. The highest BCUT2D eigenvalue weighted by Gasteiger charge is 2.12. The van der Waals surface area contributed by atoms with E-state index in [0.29, 0.717) is 0 Å². The molecule has 2 heterocycles. The lowest BCUT2D eigenvalue weighted by Gasteiger charge is -2.15. The van der Waals surface area contributed by atoms with E-state index in [0.717, 1.165) is 22.0 Å². The van der Waals surface area contributed by atoms with E-state index in [2.05, 4.69) is 20.2 Å². The maximum Gasteiger partial charge on any atom is 0.306 e. The minimum atomic E-state index is -1.21. The molecule has 0 saturated heterocycles. The third-order valence-corrected chi connectivity index (χ3v) is 2.12. The van der Waals surface area contributed by atoms with Gasteiger partial charge in [-0.1, -0.05) is 17.9 Å². The van der Waals surface area contributed by atoms with Crippen LogP contribution in [0, 0.1) is 0 Å². The second-order valence-corrected chi connectivity index (χ2v) is 3.77. The third kappa shape index (κ3) is 3.31. The summed E-state index contributed by atoms with van der Waals surface area (Å²) in [6.45, 7) is 0.232. The van der Waals surface area contributed by atoms with E-state index in [1.165, 1.54) is 0 Å². The normalized spacial score (nSPS) is 11.1. The molecule has 0 N–H and O–H groups in total. The molecule has 9 nitrogen and oxygen atoms in total. The molecule has 2 rings (SSSR count). The third-order valence-electron chi connectivity index (χ3n) is 2.12. The predicted molar refractivity (Wildman–Crippen MR) is 57.2 cm³/mol. The molecule has 0 spiro atoms. The molecular weight excluding hydrogens is 286 g/mol. The van der Waals surface area contributed by atoms with Crippen molar-refractivity contribution in [1.82, 2.24) is 34.4 Å². The number of anilines is 2. The van der Waals surface area contributed by atoms with Gasteiger partial charge in [-0.05, 0) is 7.05 Å². The van der Waals surface area contributed by atoms with E-state index in [1.54, 1.807) is 11.9 Å². The molecule has 0 aliphatic carbocycles. The van der Waals surface area contributed by atoms with Gasteiger partial charge in [-0.25, -0.2) is 9.36 Å². The van der Waals surface area contributed by atoms with Gasteiger partial charge in [0.1, 0.15) is 12.7 Å². The molecule has 0 aliphatic heterocycles. The van der Waals surface area contributed by atoms with Crippen molar-refractivity contribution >= 4 is 11.9 Å². The van der Waals surface area contributed by atoms with Gasteiger partial charge in [0.15, 0.2) is 0 Å². The largest absolute Gasteiger partial charge is 0.306 e. The zero-order valence-corrected chi connectivity index (χ0v) is 10.1. The SMILES string of the molecule is CN(Cn1cnc(N(F)F)n1)Cn1cnc(N(F)F)n1. The average Bonchev–Trinajstić information content (AvgIpc) is 2.98. The van der Waals surface area contributed by atoms with Crippen LogP contribution in [0.2, 0.25) is 0 Å². The van der Waals surface area contributed by atoms with Gasteiger partial charge < -0.3 is 0 Å². The Labute approximate surface area is 109 Å². The van der Waals surface area contributed by atoms with Crippen molar-refractivity contribution in [2.45, 2.75) is 13.3 Å². The summed E-state index contributed by atoms with van der Waals surface area (Å²) in [7, 11) is 1.62. The van der Waals surface area contributed by atoms with Gasteiger partial charge in [-0.2, -0.15) is 9.97 Å². The highest BCUT2D eigenvalue weighted by Crippen LogP contribution is 2.08. The van der Waals surface area contributed by atoms with Crippen molar-refractivity contribution in [3.63, 3.8) is 0 Å². The molecule has 20 heavy (non-hydrogen) atoms. The fourth-order valence-corrected chi connectivity index (χ4v) is 1.40. The first kappa shape index (κ1) is 14.0. The van der Waals surface area contributed by atoms with Gasteiger partial charge in [-0.3, -0.25) is 4.90 Å². The van der Waals surface area contributed by atoms with E-state index in [9.17, 15) is 17.9 Å². The molecule has 13 heteroatoms. The Hall–Kier alpha value is -2.44. The lowest BCUT2D eigenvalue weighted by Crippen LogP contribution is -2.25. The number of halogens is 4. The number of hydrogen-bond acceptors (Lipinski definition) is 7. The lowest BCUT2D eigenvalue weighted by atomic mass is 10.8. The fourth-order valence-electron chi connectivity index (χ4n) is 1.40. The maximum atomic E-state index is 12.1. The molecule has 0 radical (unpaired) electrons. The van der Waals surface area contributed by atoms with E-state index in [-0.39, 0.29) is 13.3 Å². The Morgan fingerprint density at radius 2 is 1.30 bits per heavy atom. The highest BCUT2D eigenvalue weighted by molar-refractivity contribution is 5.17. The molecule has 0 saturated carbocycles. The molecule has 0 aromatic carbocycles. The Bertz CT molecular complexity index is 504. The molecule has 0 aliphatic rings. The summed E-state index contributed by atoms with van der Waals surface area (Å²) in [5, 5.41) is 4.56. The summed E-state index contributed by atoms with van der Waals surface area (Å²) >= 11 is 0. The second kappa shape index (κ2) is 5.68. The monoisotopic (exact) mass is 295 g/mol. The van der Waals surface area contributed by atoms with Gasteiger partial charge in [0.05, 0.1) is 13.3 Å². The topological polar surface area (TPSA) is 71.1 Å². The van der Waals surface area contributed by atoms with Crippen LogP contribution in [0.15, 0.2) is 12.7 Å². The first-order valence-electron chi connectivity index (χ1n) is 5.16. The van der Waals surface area contributed by atoms with Crippen molar-refractivity contribution in [2.24, 2.45) is 0 Å². The smallest absolute Gasteiger partial charge is 0.268 e. The summed E-state index contributed by atoms with van der Waals surface area (Å²) < 4.78 is 50.8. The van der Waals surface area contributed by atoms with Gasteiger partial charge in [0, 0.05) is 10.7 Å². The van der Waals surface area contributed by atoms with Gasteiger partial charge in [0.25, 0.3) is 0 Å². The molecule has 0 fully saturated rings. The van der Waals surface area contributed by atoms with Crippen LogP contribution in [-0.2, 0) is 13.3 Å². The van der Waals surface area contributed by atoms with Crippen LogP contribution in [0.4, 0.5) is 29.8 Å². The predicted octanol–water partition coefficient (Wildman–Crippen LogP) is 0.567. The van der Waals surface area contributed by atoms with E-state index < -0.39 is 22.6 Å². The van der Waals surface area contributed by atoms with Crippen molar-refractivity contribution in [2.75, 3.05) is 17.7 Å². The van der Waals surface area contributed by atoms with Crippen LogP contribution in [0.1, 0.15) is 0 Å². The Morgan fingerprint density at radius 3 is 1.60 bits per heavy atom. The van der Waals surface area contributed by atoms with E-state index in [1.807, 2.05) is 0 Å². The Kier molecular flexibility index (Phi) is 3.97. The zero-order valence-electron chi connectivity index (χ0n) is 10.1. The second-order valence-electron chi connectivity index (χ2n) is 3.77. The molecule has 2 aromatic heterocycles. The number of rotatable bonds is 6. The molecule has 0 unspecified atom stereocenters. The fraction of sp³-hybridized carbons (Fsp3) is 0.429. The summed E-state index contributed by atoms with van der Waals surface area (Å²) in [5.74, 6) is -1.46. The standard InChI is InChI=1S/C7H9F4N9/c1-16(4-17-2-12-6(14-17)19(8)9)5-18-3-13-7(15-18)20(10)11/h2-3H,4-5H2,1H3. The maximum absolute atomic E-state index is 12.1. The summed E-state index contributed by atoms with van der Waals surface area (Å²) in [4.78, 5) is 8.31. The summed E-state index contributed by atoms with van der Waals surface area (Å²) in [5.41, 5.74) is 0. The van der Waals surface area contributed by atoms with Crippen LogP contribution in [0.25, 0.3) is 0 Å². The minimum Gasteiger partial charge on any atom is -0.268 e.